The molecule has 3 heteroatoms. The third-order valence-corrected chi connectivity index (χ3v) is 3.89. The number of ether oxygens (including phenoxy) is 2. The normalized spacial score (nSPS) is 15.9. The number of hydrogen-bond acceptors (Lipinski definition) is 3. The van der Waals surface area contributed by atoms with Crippen LogP contribution < -0.4 is 10.1 Å². The highest BCUT2D eigenvalue weighted by Gasteiger charge is 2.21. The first-order valence-electron chi connectivity index (χ1n) is 8.38. The molecule has 21 heavy (non-hydrogen) atoms. The van der Waals surface area contributed by atoms with Gasteiger partial charge in [-0.1, -0.05) is 38.0 Å². The highest BCUT2D eigenvalue weighted by Crippen LogP contribution is 2.32. The molecule has 118 valence electrons. The molecule has 1 atom stereocenters. The highest BCUT2D eigenvalue weighted by molar-refractivity contribution is 5.36. The zero-order chi connectivity index (χ0) is 14.9. The van der Waals surface area contributed by atoms with Crippen LogP contribution in [-0.4, -0.2) is 26.4 Å². The third-order valence-electron chi connectivity index (χ3n) is 3.89. The van der Waals surface area contributed by atoms with E-state index in [1.165, 1.54) is 24.8 Å². The van der Waals surface area contributed by atoms with E-state index in [-0.39, 0.29) is 6.04 Å². The molecule has 1 aromatic rings. The first-order chi connectivity index (χ1) is 10.3. The van der Waals surface area contributed by atoms with Gasteiger partial charge in [0.05, 0.1) is 19.3 Å². The Morgan fingerprint density at radius 3 is 2.76 bits per heavy atom. The van der Waals surface area contributed by atoms with Crippen LogP contribution in [0.1, 0.15) is 51.1 Å². The fourth-order valence-electron chi connectivity index (χ4n) is 2.49. The van der Waals surface area contributed by atoms with E-state index in [2.05, 4.69) is 24.4 Å². The maximum atomic E-state index is 5.91. The van der Waals surface area contributed by atoms with Crippen LogP contribution in [0.4, 0.5) is 0 Å². The summed E-state index contributed by atoms with van der Waals surface area (Å²) in [4.78, 5) is 0. The molecule has 1 aromatic carbocycles. The van der Waals surface area contributed by atoms with E-state index < -0.39 is 0 Å². The van der Waals surface area contributed by atoms with Gasteiger partial charge in [0.2, 0.25) is 0 Å². The minimum Gasteiger partial charge on any atom is -0.494 e. The van der Waals surface area contributed by atoms with E-state index >= 15 is 0 Å². The Balaban J connectivity index is 1.92. The Hall–Kier alpha value is -1.06. The van der Waals surface area contributed by atoms with Crippen LogP contribution in [-0.2, 0) is 4.74 Å². The van der Waals surface area contributed by atoms with E-state index in [1.807, 2.05) is 19.1 Å². The molecule has 0 aliphatic heterocycles. The fourth-order valence-corrected chi connectivity index (χ4v) is 2.49. The largest absolute Gasteiger partial charge is 0.494 e. The lowest BCUT2D eigenvalue weighted by molar-refractivity contribution is 0.105. The summed E-state index contributed by atoms with van der Waals surface area (Å²) in [5.41, 5.74) is 1.21. The van der Waals surface area contributed by atoms with Crippen molar-refractivity contribution in [1.29, 1.82) is 0 Å². The second-order valence-electron chi connectivity index (χ2n) is 5.78. The number of hydrogen-bond donors (Lipinski definition) is 1. The molecule has 1 unspecified atom stereocenters. The molecule has 0 heterocycles. The lowest BCUT2D eigenvalue weighted by Gasteiger charge is -2.21. The van der Waals surface area contributed by atoms with Crippen molar-refractivity contribution in [2.45, 2.75) is 45.6 Å². The van der Waals surface area contributed by atoms with Gasteiger partial charge in [-0.25, -0.2) is 0 Å². The van der Waals surface area contributed by atoms with Gasteiger partial charge in [0.1, 0.15) is 5.75 Å². The number of nitrogens with one attached hydrogen (secondary N) is 1. The van der Waals surface area contributed by atoms with E-state index in [1.54, 1.807) is 0 Å². The van der Waals surface area contributed by atoms with Crippen molar-refractivity contribution in [2.75, 3.05) is 26.4 Å². The fraction of sp³-hybridized carbons (Fsp3) is 0.667. The molecule has 0 saturated heterocycles. The molecule has 2 rings (SSSR count). The standard InChI is InChI=1S/C18H29NO2/c1-3-12-19-17(14-20-13-11-15-9-10-15)16-7-5-6-8-18(16)21-4-2/h5-8,15,17,19H,3-4,9-14H2,1-2H3. The van der Waals surface area contributed by atoms with E-state index in [0.29, 0.717) is 6.61 Å². The smallest absolute Gasteiger partial charge is 0.124 e. The summed E-state index contributed by atoms with van der Waals surface area (Å²) >= 11 is 0. The van der Waals surface area contributed by atoms with Crippen molar-refractivity contribution in [3.8, 4) is 5.75 Å². The van der Waals surface area contributed by atoms with Gasteiger partial charge in [0, 0.05) is 12.2 Å². The van der Waals surface area contributed by atoms with Crippen molar-refractivity contribution in [2.24, 2.45) is 5.92 Å². The summed E-state index contributed by atoms with van der Waals surface area (Å²) in [7, 11) is 0. The second kappa shape index (κ2) is 9.06. The van der Waals surface area contributed by atoms with Gasteiger partial charge in [0.15, 0.2) is 0 Å². The van der Waals surface area contributed by atoms with Crippen molar-refractivity contribution in [1.82, 2.24) is 5.32 Å². The molecule has 1 saturated carbocycles. The van der Waals surface area contributed by atoms with E-state index in [4.69, 9.17) is 9.47 Å². The molecule has 1 N–H and O–H groups in total. The minimum atomic E-state index is 0.215. The first kappa shape index (κ1) is 16.3. The monoisotopic (exact) mass is 291 g/mol. The maximum absolute atomic E-state index is 5.91. The van der Waals surface area contributed by atoms with Gasteiger partial charge >= 0.3 is 0 Å². The van der Waals surface area contributed by atoms with Crippen molar-refractivity contribution >= 4 is 0 Å². The molecule has 0 aromatic heterocycles. The molecule has 1 fully saturated rings. The summed E-state index contributed by atoms with van der Waals surface area (Å²) in [6, 6.07) is 8.50. The Bertz CT molecular complexity index is 404. The lowest BCUT2D eigenvalue weighted by Crippen LogP contribution is -2.27. The summed E-state index contributed by atoms with van der Waals surface area (Å²) in [6.07, 6.45) is 5.13. The van der Waals surface area contributed by atoms with Crippen LogP contribution in [0.25, 0.3) is 0 Å². The SMILES string of the molecule is CCCNC(COCCC1CC1)c1ccccc1OCC. The maximum Gasteiger partial charge on any atom is 0.124 e. The summed E-state index contributed by atoms with van der Waals surface area (Å²) in [5.74, 6) is 1.90. The molecular formula is C18H29NO2. The van der Waals surface area contributed by atoms with Crippen LogP contribution >= 0.6 is 0 Å². The van der Waals surface area contributed by atoms with Crippen LogP contribution in [0.3, 0.4) is 0 Å². The van der Waals surface area contributed by atoms with Crippen LogP contribution in [0, 0.1) is 5.92 Å². The molecule has 0 amide bonds. The van der Waals surface area contributed by atoms with Gasteiger partial charge in [-0.3, -0.25) is 0 Å². The third kappa shape index (κ3) is 5.68. The molecule has 3 nitrogen and oxygen atoms in total. The van der Waals surface area contributed by atoms with Crippen molar-refractivity contribution in [3.05, 3.63) is 29.8 Å². The van der Waals surface area contributed by atoms with Gasteiger partial charge in [0.25, 0.3) is 0 Å². The van der Waals surface area contributed by atoms with Crippen molar-refractivity contribution < 1.29 is 9.47 Å². The zero-order valence-electron chi connectivity index (χ0n) is 13.4. The van der Waals surface area contributed by atoms with Gasteiger partial charge in [-0.05, 0) is 38.3 Å². The Labute approximate surface area is 129 Å². The topological polar surface area (TPSA) is 30.5 Å². The van der Waals surface area contributed by atoms with E-state index in [9.17, 15) is 0 Å². The van der Waals surface area contributed by atoms with Crippen molar-refractivity contribution in [3.63, 3.8) is 0 Å². The Morgan fingerprint density at radius 1 is 1.24 bits per heavy atom. The quantitative estimate of drug-likeness (QED) is 0.626. The zero-order valence-corrected chi connectivity index (χ0v) is 13.4. The lowest BCUT2D eigenvalue weighted by atomic mass is 10.1. The van der Waals surface area contributed by atoms with Crippen LogP contribution in [0.15, 0.2) is 24.3 Å². The highest BCUT2D eigenvalue weighted by atomic mass is 16.5. The Kier molecular flexibility index (Phi) is 7.04. The van der Waals surface area contributed by atoms with Gasteiger partial charge in [-0.15, -0.1) is 0 Å². The van der Waals surface area contributed by atoms with Gasteiger partial charge in [-0.2, -0.15) is 0 Å². The summed E-state index contributed by atoms with van der Waals surface area (Å²) in [6.45, 7) is 7.50. The Morgan fingerprint density at radius 2 is 2.05 bits per heavy atom. The van der Waals surface area contributed by atoms with Gasteiger partial charge < -0.3 is 14.8 Å². The number of rotatable bonds is 11. The second-order valence-corrected chi connectivity index (χ2v) is 5.78. The molecule has 1 aliphatic carbocycles. The molecular weight excluding hydrogens is 262 g/mol. The number of para-hydroxylation sites is 1. The summed E-state index contributed by atoms with van der Waals surface area (Å²) < 4.78 is 11.7. The predicted octanol–water partition coefficient (Wildman–Crippen LogP) is 3.94. The van der Waals surface area contributed by atoms with Crippen LogP contribution in [0.2, 0.25) is 0 Å². The molecule has 0 spiro atoms. The molecule has 1 aliphatic rings. The molecule has 0 bridgehead atoms. The average molecular weight is 291 g/mol. The van der Waals surface area contributed by atoms with Crippen LogP contribution in [0.5, 0.6) is 5.75 Å². The van der Waals surface area contributed by atoms with E-state index in [0.717, 1.165) is 37.8 Å². The predicted molar refractivity (Wildman–Crippen MR) is 86.8 cm³/mol. The average Bonchev–Trinajstić information content (AvgIpc) is 3.32. The molecule has 0 radical (unpaired) electrons. The first-order valence-corrected chi connectivity index (χ1v) is 8.38. The minimum absolute atomic E-state index is 0.215. The number of benzene rings is 1. The summed E-state index contributed by atoms with van der Waals surface area (Å²) in [5, 5.41) is 3.58.